The van der Waals surface area contributed by atoms with Crippen molar-refractivity contribution in [2.24, 2.45) is 0 Å². The molecule has 2 heteroatoms. The lowest BCUT2D eigenvalue weighted by Gasteiger charge is -2.25. The molecule has 29 heavy (non-hydrogen) atoms. The molecule has 2 aromatic heterocycles. The van der Waals surface area contributed by atoms with Crippen molar-refractivity contribution in [1.82, 2.24) is 4.98 Å². The Hall–Kier alpha value is -3.39. The van der Waals surface area contributed by atoms with Crippen LogP contribution in [0.25, 0.3) is 33.2 Å². The van der Waals surface area contributed by atoms with Gasteiger partial charge >= 0.3 is 0 Å². The van der Waals surface area contributed by atoms with Crippen molar-refractivity contribution < 1.29 is 8.53 Å². The van der Waals surface area contributed by atoms with E-state index < -0.39 is 6.85 Å². The van der Waals surface area contributed by atoms with Gasteiger partial charge < -0.3 is 4.42 Å². The molecule has 0 atom stereocenters. The summed E-state index contributed by atoms with van der Waals surface area (Å²) in [4.78, 5) is 4.75. The SMILES string of the molecule is [2H]C([2H])([2H])c1ccc(-c2ccc(C(C)(C)c3ccccc3)cn2)c2oc3ccccc3c12. The van der Waals surface area contributed by atoms with Crippen molar-refractivity contribution in [1.29, 1.82) is 0 Å². The zero-order valence-corrected chi connectivity index (χ0v) is 16.4. The molecule has 3 aromatic carbocycles. The summed E-state index contributed by atoms with van der Waals surface area (Å²) in [6.45, 7) is 2.13. The number of hydrogen-bond acceptors (Lipinski definition) is 2. The molecule has 0 saturated carbocycles. The van der Waals surface area contributed by atoms with Crippen LogP contribution in [-0.4, -0.2) is 4.98 Å². The third-order valence-electron chi connectivity index (χ3n) is 5.78. The van der Waals surface area contributed by atoms with Gasteiger partial charge in [-0.1, -0.05) is 74.5 Å². The molecule has 0 saturated heterocycles. The Balaban J connectivity index is 1.66. The highest BCUT2D eigenvalue weighted by Gasteiger charge is 2.23. The van der Waals surface area contributed by atoms with Gasteiger partial charge in [0, 0.05) is 32.1 Å². The van der Waals surface area contributed by atoms with E-state index in [0.717, 1.165) is 22.2 Å². The first kappa shape index (κ1) is 14.6. The second-order valence-electron chi connectivity index (χ2n) is 7.89. The second kappa shape index (κ2) is 6.59. The van der Waals surface area contributed by atoms with Gasteiger partial charge in [-0.05, 0) is 41.7 Å². The van der Waals surface area contributed by atoms with Gasteiger partial charge in [0.25, 0.3) is 0 Å². The van der Waals surface area contributed by atoms with Gasteiger partial charge in [0.2, 0.25) is 0 Å². The Morgan fingerprint density at radius 3 is 2.38 bits per heavy atom. The summed E-state index contributed by atoms with van der Waals surface area (Å²) in [5.74, 6) is 0. The normalized spacial score (nSPS) is 13.9. The number of nitrogens with zero attached hydrogens (tertiary/aromatic N) is 1. The molecule has 0 aliphatic heterocycles. The van der Waals surface area contributed by atoms with Crippen molar-refractivity contribution in [3.63, 3.8) is 0 Å². The topological polar surface area (TPSA) is 26.0 Å². The van der Waals surface area contributed by atoms with Crippen LogP contribution in [0.2, 0.25) is 0 Å². The number of rotatable bonds is 3. The number of benzene rings is 3. The number of furan rings is 1. The standard InChI is InChI=1S/C27H23NO/c1-18-13-15-21(26-25(18)22-11-7-8-12-24(22)29-26)23-16-14-20(17-28-23)27(2,3)19-9-5-4-6-10-19/h4-17H,1-3H3/i1D3. The highest BCUT2D eigenvalue weighted by Crippen LogP contribution is 2.38. The van der Waals surface area contributed by atoms with Gasteiger partial charge in [0.15, 0.2) is 0 Å². The van der Waals surface area contributed by atoms with Gasteiger partial charge in [0.1, 0.15) is 11.2 Å². The summed E-state index contributed by atoms with van der Waals surface area (Å²) in [6.07, 6.45) is 1.90. The Morgan fingerprint density at radius 2 is 1.62 bits per heavy atom. The van der Waals surface area contributed by atoms with Crippen LogP contribution in [0.3, 0.4) is 0 Å². The van der Waals surface area contributed by atoms with Gasteiger partial charge in [0.05, 0.1) is 5.69 Å². The first-order valence-corrected chi connectivity index (χ1v) is 9.74. The van der Waals surface area contributed by atoms with E-state index in [1.807, 2.05) is 54.7 Å². The smallest absolute Gasteiger partial charge is 0.145 e. The molecular formula is C27H23NO. The van der Waals surface area contributed by atoms with Crippen molar-refractivity contribution in [2.45, 2.75) is 26.1 Å². The van der Waals surface area contributed by atoms with Crippen molar-refractivity contribution in [3.8, 4) is 11.3 Å². The zero-order chi connectivity index (χ0) is 22.5. The predicted molar refractivity (Wildman–Crippen MR) is 120 cm³/mol. The van der Waals surface area contributed by atoms with Crippen LogP contribution in [-0.2, 0) is 5.41 Å². The molecule has 0 aliphatic carbocycles. The molecule has 142 valence electrons. The quantitative estimate of drug-likeness (QED) is 0.329. The fourth-order valence-electron chi connectivity index (χ4n) is 3.97. The minimum atomic E-state index is -2.24. The van der Waals surface area contributed by atoms with Gasteiger partial charge in [-0.25, -0.2) is 0 Å². The summed E-state index contributed by atoms with van der Waals surface area (Å²) in [5.41, 5.74) is 5.19. The molecule has 0 fully saturated rings. The first-order valence-electron chi connectivity index (χ1n) is 11.2. The molecule has 0 unspecified atom stereocenters. The van der Waals surface area contributed by atoms with Gasteiger partial charge in [-0.15, -0.1) is 0 Å². The number of para-hydroxylation sites is 1. The van der Waals surface area contributed by atoms with E-state index in [1.165, 1.54) is 5.56 Å². The highest BCUT2D eigenvalue weighted by molar-refractivity contribution is 6.10. The largest absolute Gasteiger partial charge is 0.455 e. The summed E-state index contributed by atoms with van der Waals surface area (Å²) in [5, 5.41) is 1.44. The second-order valence-corrected chi connectivity index (χ2v) is 7.89. The maximum absolute atomic E-state index is 8.00. The van der Waals surface area contributed by atoms with Crippen LogP contribution >= 0.6 is 0 Å². The lowest BCUT2D eigenvalue weighted by molar-refractivity contribution is 0.637. The molecule has 0 N–H and O–H groups in total. The summed E-state index contributed by atoms with van der Waals surface area (Å²) in [6, 6.07) is 25.4. The molecule has 0 bridgehead atoms. The third-order valence-corrected chi connectivity index (χ3v) is 5.78. The van der Waals surface area contributed by atoms with E-state index in [9.17, 15) is 0 Å². The zero-order valence-electron chi connectivity index (χ0n) is 19.4. The number of hydrogen-bond donors (Lipinski definition) is 0. The summed E-state index contributed by atoms with van der Waals surface area (Å²) in [7, 11) is 0. The molecule has 0 radical (unpaired) electrons. The number of aryl methyl sites for hydroxylation is 1. The fourth-order valence-corrected chi connectivity index (χ4v) is 3.97. The monoisotopic (exact) mass is 380 g/mol. The van der Waals surface area contributed by atoms with Gasteiger partial charge in [-0.3, -0.25) is 4.98 Å². The first-order chi connectivity index (χ1) is 15.3. The minimum absolute atomic E-state index is 0.188. The van der Waals surface area contributed by atoms with Gasteiger partial charge in [-0.2, -0.15) is 0 Å². The van der Waals surface area contributed by atoms with E-state index in [1.54, 1.807) is 12.1 Å². The fraction of sp³-hybridized carbons (Fsp3) is 0.148. The Kier molecular flexibility index (Phi) is 3.32. The summed E-state index contributed by atoms with van der Waals surface area (Å²) < 4.78 is 30.1. The molecular weight excluding hydrogens is 354 g/mol. The molecule has 5 aromatic rings. The lowest BCUT2D eigenvalue weighted by atomic mass is 9.79. The van der Waals surface area contributed by atoms with E-state index >= 15 is 0 Å². The molecule has 0 aliphatic rings. The maximum Gasteiger partial charge on any atom is 0.145 e. The van der Waals surface area contributed by atoms with Crippen LogP contribution in [0, 0.1) is 6.85 Å². The predicted octanol–water partition coefficient (Wildman–Crippen LogP) is 7.28. The Bertz CT molecular complexity index is 1420. The molecule has 0 spiro atoms. The van der Waals surface area contributed by atoms with Crippen molar-refractivity contribution in [2.75, 3.05) is 0 Å². The number of aromatic nitrogens is 1. The lowest BCUT2D eigenvalue weighted by Crippen LogP contribution is -2.18. The highest BCUT2D eigenvalue weighted by atomic mass is 16.3. The van der Waals surface area contributed by atoms with Crippen molar-refractivity contribution in [3.05, 3.63) is 102 Å². The van der Waals surface area contributed by atoms with E-state index in [4.69, 9.17) is 13.5 Å². The molecule has 0 amide bonds. The van der Waals surface area contributed by atoms with Crippen LogP contribution in [0.15, 0.2) is 89.5 Å². The van der Waals surface area contributed by atoms with E-state index in [2.05, 4.69) is 32.0 Å². The molecule has 5 rings (SSSR count). The van der Waals surface area contributed by atoms with Crippen LogP contribution < -0.4 is 0 Å². The molecule has 2 nitrogen and oxygen atoms in total. The third kappa shape index (κ3) is 2.84. The van der Waals surface area contributed by atoms with E-state index in [-0.39, 0.29) is 5.41 Å². The average Bonchev–Trinajstić information content (AvgIpc) is 3.18. The Labute approximate surface area is 175 Å². The summed E-state index contributed by atoms with van der Waals surface area (Å²) >= 11 is 0. The number of fused-ring (bicyclic) bond motifs is 3. The average molecular weight is 381 g/mol. The van der Waals surface area contributed by atoms with Crippen LogP contribution in [0.1, 0.15) is 34.7 Å². The van der Waals surface area contributed by atoms with Crippen molar-refractivity contribution >= 4 is 21.9 Å². The molecule has 2 heterocycles. The van der Waals surface area contributed by atoms with Crippen LogP contribution in [0.5, 0.6) is 0 Å². The van der Waals surface area contributed by atoms with E-state index in [0.29, 0.717) is 22.1 Å². The maximum atomic E-state index is 8.00. The Morgan fingerprint density at radius 1 is 0.828 bits per heavy atom. The minimum Gasteiger partial charge on any atom is -0.455 e. The van der Waals surface area contributed by atoms with Crippen LogP contribution in [0.4, 0.5) is 0 Å². The number of pyridine rings is 1.